The predicted octanol–water partition coefficient (Wildman–Crippen LogP) is 2.03. The molecule has 1 amide bonds. The average molecular weight is 381 g/mol. The van der Waals surface area contributed by atoms with Gasteiger partial charge in [-0.2, -0.15) is 0 Å². The number of carbonyl (C=O) groups excluding carboxylic acids is 1. The van der Waals surface area contributed by atoms with Crippen LogP contribution in [0.2, 0.25) is 0 Å². The Bertz CT molecular complexity index is 1170. The number of aryl methyl sites for hydroxylation is 2. The summed E-state index contributed by atoms with van der Waals surface area (Å²) in [5.41, 5.74) is 3.32. The van der Waals surface area contributed by atoms with Gasteiger partial charge in [0, 0.05) is 37.7 Å². The van der Waals surface area contributed by atoms with E-state index in [2.05, 4.69) is 5.32 Å². The van der Waals surface area contributed by atoms with Gasteiger partial charge in [-0.25, -0.2) is 4.79 Å². The average Bonchev–Trinajstić information content (AvgIpc) is 3.48. The molecule has 1 fully saturated rings. The Morgan fingerprint density at radius 3 is 2.43 bits per heavy atom. The SMILES string of the molecule is CNC(=O)c1ccc(O)c(OC)c1C1(c2ccc3c(c2)n(C)c(=O)n3C)CC1. The molecule has 0 spiro atoms. The number of aromatic nitrogens is 2. The molecule has 1 heterocycles. The van der Waals surface area contributed by atoms with E-state index in [9.17, 15) is 14.7 Å². The number of rotatable bonds is 4. The molecule has 1 aromatic heterocycles. The molecule has 0 saturated heterocycles. The van der Waals surface area contributed by atoms with Gasteiger partial charge in [-0.3, -0.25) is 13.9 Å². The highest BCUT2D eigenvalue weighted by atomic mass is 16.5. The van der Waals surface area contributed by atoms with Crippen molar-refractivity contribution in [1.82, 2.24) is 14.5 Å². The van der Waals surface area contributed by atoms with Gasteiger partial charge >= 0.3 is 5.69 Å². The molecular weight excluding hydrogens is 358 g/mol. The zero-order chi connectivity index (χ0) is 20.2. The number of phenols is 1. The molecule has 2 aromatic carbocycles. The highest BCUT2D eigenvalue weighted by Crippen LogP contribution is 2.58. The lowest BCUT2D eigenvalue weighted by molar-refractivity contribution is 0.0961. The summed E-state index contributed by atoms with van der Waals surface area (Å²) < 4.78 is 8.74. The van der Waals surface area contributed by atoms with Crippen LogP contribution >= 0.6 is 0 Å². The van der Waals surface area contributed by atoms with Gasteiger partial charge in [0.15, 0.2) is 11.5 Å². The van der Waals surface area contributed by atoms with Gasteiger partial charge < -0.3 is 15.2 Å². The minimum atomic E-state index is -0.438. The molecule has 2 N–H and O–H groups in total. The Hall–Kier alpha value is -3.22. The number of benzene rings is 2. The summed E-state index contributed by atoms with van der Waals surface area (Å²) in [6.07, 6.45) is 1.65. The van der Waals surface area contributed by atoms with Crippen LogP contribution in [0.15, 0.2) is 35.1 Å². The lowest BCUT2D eigenvalue weighted by atomic mass is 9.83. The maximum absolute atomic E-state index is 12.5. The topological polar surface area (TPSA) is 85.5 Å². The number of phenolic OH excluding ortho intramolecular Hbond substituents is 1. The number of nitrogens with one attached hydrogen (secondary N) is 1. The number of methoxy groups -OCH3 is 1. The first-order valence-electron chi connectivity index (χ1n) is 9.14. The number of hydrogen-bond donors (Lipinski definition) is 2. The number of aromatic hydroxyl groups is 1. The van der Waals surface area contributed by atoms with Crippen molar-refractivity contribution in [3.63, 3.8) is 0 Å². The maximum Gasteiger partial charge on any atom is 0.328 e. The zero-order valence-electron chi connectivity index (χ0n) is 16.4. The maximum atomic E-state index is 12.5. The molecule has 146 valence electrons. The van der Waals surface area contributed by atoms with Crippen LogP contribution in [0.3, 0.4) is 0 Å². The standard InChI is InChI=1S/C21H23N3O4/c1-22-19(26)13-6-8-16(25)18(28-4)17(13)21(9-10-21)12-5-7-14-15(11-12)24(3)20(27)23(14)2/h5-8,11,25H,9-10H2,1-4H3,(H,22,26). The van der Waals surface area contributed by atoms with E-state index < -0.39 is 5.41 Å². The molecule has 0 aliphatic heterocycles. The zero-order valence-corrected chi connectivity index (χ0v) is 16.4. The molecule has 0 unspecified atom stereocenters. The minimum Gasteiger partial charge on any atom is -0.504 e. The van der Waals surface area contributed by atoms with E-state index in [1.54, 1.807) is 36.3 Å². The van der Waals surface area contributed by atoms with Crippen molar-refractivity contribution in [2.45, 2.75) is 18.3 Å². The van der Waals surface area contributed by atoms with Crippen molar-refractivity contribution in [3.8, 4) is 11.5 Å². The quantitative estimate of drug-likeness (QED) is 0.724. The van der Waals surface area contributed by atoms with Gasteiger partial charge in [0.2, 0.25) is 0 Å². The second-order valence-electron chi connectivity index (χ2n) is 7.31. The van der Waals surface area contributed by atoms with E-state index in [1.165, 1.54) is 13.2 Å². The largest absolute Gasteiger partial charge is 0.504 e. The number of hydrogen-bond acceptors (Lipinski definition) is 4. The van der Waals surface area contributed by atoms with E-state index in [1.807, 2.05) is 18.2 Å². The lowest BCUT2D eigenvalue weighted by Crippen LogP contribution is -2.23. The normalized spacial score (nSPS) is 14.9. The second kappa shape index (κ2) is 6.15. The van der Waals surface area contributed by atoms with Crippen LogP contribution in [-0.2, 0) is 19.5 Å². The molecule has 0 bridgehead atoms. The van der Waals surface area contributed by atoms with E-state index in [0.29, 0.717) is 16.9 Å². The number of imidazole rings is 1. The molecule has 1 aliphatic carbocycles. The molecular formula is C21H23N3O4. The monoisotopic (exact) mass is 381 g/mol. The Balaban J connectivity index is 1.99. The van der Waals surface area contributed by atoms with Gasteiger partial charge in [-0.05, 0) is 42.7 Å². The molecule has 0 atom stereocenters. The van der Waals surface area contributed by atoms with Gasteiger partial charge in [0.1, 0.15) is 0 Å². The fourth-order valence-corrected chi connectivity index (χ4v) is 4.19. The highest BCUT2D eigenvalue weighted by molar-refractivity contribution is 5.97. The third-order valence-corrected chi connectivity index (χ3v) is 5.87. The third-order valence-electron chi connectivity index (χ3n) is 5.87. The van der Waals surface area contributed by atoms with E-state index in [-0.39, 0.29) is 17.3 Å². The van der Waals surface area contributed by atoms with Crippen LogP contribution in [0.25, 0.3) is 11.0 Å². The molecule has 1 saturated carbocycles. The first-order chi connectivity index (χ1) is 13.4. The smallest absolute Gasteiger partial charge is 0.328 e. The fourth-order valence-electron chi connectivity index (χ4n) is 4.19. The Morgan fingerprint density at radius 2 is 1.82 bits per heavy atom. The Labute approximate surface area is 162 Å². The van der Waals surface area contributed by atoms with Crippen LogP contribution in [-0.4, -0.2) is 34.3 Å². The van der Waals surface area contributed by atoms with Crippen LogP contribution in [0, 0.1) is 0 Å². The number of nitrogens with zero attached hydrogens (tertiary/aromatic N) is 2. The fraction of sp³-hybridized carbons (Fsp3) is 0.333. The van der Waals surface area contributed by atoms with Crippen molar-refractivity contribution < 1.29 is 14.6 Å². The number of ether oxygens (including phenoxy) is 1. The number of fused-ring (bicyclic) bond motifs is 1. The summed E-state index contributed by atoms with van der Waals surface area (Å²) in [6, 6.07) is 9.03. The van der Waals surface area contributed by atoms with E-state index >= 15 is 0 Å². The van der Waals surface area contributed by atoms with Crippen molar-refractivity contribution in [3.05, 3.63) is 57.5 Å². The van der Waals surface area contributed by atoms with Gasteiger partial charge in [-0.15, -0.1) is 0 Å². The summed E-state index contributed by atoms with van der Waals surface area (Å²) in [5.74, 6) is 0.0954. The lowest BCUT2D eigenvalue weighted by Gasteiger charge is -2.23. The number of carbonyl (C=O) groups is 1. The van der Waals surface area contributed by atoms with Crippen molar-refractivity contribution in [2.24, 2.45) is 14.1 Å². The van der Waals surface area contributed by atoms with Crippen molar-refractivity contribution in [1.29, 1.82) is 0 Å². The summed E-state index contributed by atoms with van der Waals surface area (Å²) >= 11 is 0. The molecule has 28 heavy (non-hydrogen) atoms. The van der Waals surface area contributed by atoms with Crippen LogP contribution in [0.5, 0.6) is 11.5 Å². The third kappa shape index (κ3) is 2.35. The minimum absolute atomic E-state index is 0.00428. The van der Waals surface area contributed by atoms with Gasteiger partial charge in [-0.1, -0.05) is 6.07 Å². The summed E-state index contributed by atoms with van der Waals surface area (Å²) in [7, 11) is 6.57. The van der Waals surface area contributed by atoms with Crippen LogP contribution in [0.4, 0.5) is 0 Å². The molecule has 7 heteroatoms. The Morgan fingerprint density at radius 1 is 1.14 bits per heavy atom. The molecule has 1 aliphatic rings. The van der Waals surface area contributed by atoms with Gasteiger partial charge in [0.25, 0.3) is 5.91 Å². The summed E-state index contributed by atoms with van der Waals surface area (Å²) in [5, 5.41) is 13.0. The first kappa shape index (κ1) is 18.2. The molecule has 3 aromatic rings. The van der Waals surface area contributed by atoms with Crippen LogP contribution in [0.1, 0.15) is 34.3 Å². The van der Waals surface area contributed by atoms with Crippen LogP contribution < -0.4 is 15.7 Å². The molecule has 0 radical (unpaired) electrons. The molecule has 7 nitrogen and oxygen atoms in total. The van der Waals surface area contributed by atoms with Crippen molar-refractivity contribution in [2.75, 3.05) is 14.2 Å². The first-order valence-corrected chi connectivity index (χ1v) is 9.14. The predicted molar refractivity (Wildman–Crippen MR) is 106 cm³/mol. The summed E-state index contributed by atoms with van der Waals surface area (Å²) in [6.45, 7) is 0. The van der Waals surface area contributed by atoms with E-state index in [4.69, 9.17) is 4.74 Å². The summed E-state index contributed by atoms with van der Waals surface area (Å²) in [4.78, 5) is 24.8. The second-order valence-corrected chi connectivity index (χ2v) is 7.31. The van der Waals surface area contributed by atoms with Crippen molar-refractivity contribution >= 4 is 16.9 Å². The van der Waals surface area contributed by atoms with Gasteiger partial charge in [0.05, 0.1) is 18.1 Å². The van der Waals surface area contributed by atoms with E-state index in [0.717, 1.165) is 29.4 Å². The Kier molecular flexibility index (Phi) is 3.99. The number of amides is 1. The molecule has 4 rings (SSSR count). The highest BCUT2D eigenvalue weighted by Gasteiger charge is 2.50.